The van der Waals surface area contributed by atoms with Crippen LogP contribution in [-0.4, -0.2) is 39.7 Å². The van der Waals surface area contributed by atoms with Gasteiger partial charge in [0.15, 0.2) is 0 Å². The maximum Gasteiger partial charge on any atom is 0.394 e. The lowest BCUT2D eigenvalue weighted by atomic mass is 10.1. The Balaban J connectivity index is 0.00000187. The summed E-state index contributed by atoms with van der Waals surface area (Å²) in [6.07, 6.45) is 35.5. The maximum atomic E-state index is 8.74. The number of hydrogen-bond donors (Lipinski definition) is 2. The van der Waals surface area contributed by atoms with Gasteiger partial charge in [0.2, 0.25) is 0 Å². The van der Waals surface area contributed by atoms with E-state index in [0.29, 0.717) is 0 Å². The Labute approximate surface area is 274 Å². The van der Waals surface area contributed by atoms with Gasteiger partial charge in [-0.2, -0.15) is 8.42 Å². The first-order chi connectivity index (χ1) is 21.8. The molecule has 0 unspecified atom stereocenters. The summed E-state index contributed by atoms with van der Waals surface area (Å²) < 4.78 is 36.2. The van der Waals surface area contributed by atoms with E-state index < -0.39 is 10.4 Å². The van der Waals surface area contributed by atoms with Crippen molar-refractivity contribution in [2.75, 3.05) is 13.1 Å². The second kappa shape index (κ2) is 28.0. The van der Waals surface area contributed by atoms with Gasteiger partial charge in [-0.1, -0.05) is 117 Å². The standard InChI is InChI=1S/C36H62N4.H2O4S/c1-3-5-7-9-15-19-27-37-35-23-31-39(32-24-35)29-21-17-13-11-12-14-18-22-30-40-33-25-36(26-34-40)38-28-20-16-10-8-6-4-2;1-5(2,3)4/h23-26,31-34H,3-22,27-30H2,1-2H3;(H2,1,2,3,4). The van der Waals surface area contributed by atoms with E-state index in [2.05, 4.69) is 72.0 Å². The van der Waals surface area contributed by atoms with Gasteiger partial charge < -0.3 is 9.13 Å². The fourth-order valence-electron chi connectivity index (χ4n) is 5.26. The molecule has 2 heterocycles. The smallest absolute Gasteiger partial charge is 0.354 e. The van der Waals surface area contributed by atoms with Gasteiger partial charge in [-0.05, 0) is 49.9 Å². The summed E-state index contributed by atoms with van der Waals surface area (Å²) in [4.78, 5) is 9.48. The van der Waals surface area contributed by atoms with Crippen LogP contribution in [0.5, 0.6) is 0 Å². The van der Waals surface area contributed by atoms with Gasteiger partial charge in [-0.25, -0.2) is 0 Å². The third kappa shape index (κ3) is 27.8. The van der Waals surface area contributed by atoms with E-state index in [0.717, 1.165) is 36.9 Å². The van der Waals surface area contributed by atoms with Crippen molar-refractivity contribution in [1.82, 2.24) is 9.13 Å². The van der Waals surface area contributed by atoms with Crippen LogP contribution < -0.4 is 10.7 Å². The highest BCUT2D eigenvalue weighted by atomic mass is 32.3. The fourth-order valence-corrected chi connectivity index (χ4v) is 5.26. The molecule has 0 radical (unpaired) electrons. The van der Waals surface area contributed by atoms with Gasteiger partial charge in [0.25, 0.3) is 0 Å². The molecule has 0 saturated heterocycles. The zero-order valence-corrected chi connectivity index (χ0v) is 29.3. The van der Waals surface area contributed by atoms with Crippen LogP contribution in [0.2, 0.25) is 0 Å². The SMILES string of the molecule is CCCCCCCCN=c1ccn(CCCCCCCCCCn2ccc(=NCCCCCCCC)cc2)cc1.O=S(=O)(O)O. The molecule has 0 bridgehead atoms. The molecule has 0 aliphatic rings. The van der Waals surface area contributed by atoms with E-state index in [4.69, 9.17) is 27.5 Å². The average Bonchev–Trinajstić information content (AvgIpc) is 3.01. The van der Waals surface area contributed by atoms with Crippen LogP contribution in [0.3, 0.4) is 0 Å². The van der Waals surface area contributed by atoms with Gasteiger partial charge in [-0.3, -0.25) is 19.1 Å². The van der Waals surface area contributed by atoms with Gasteiger partial charge >= 0.3 is 10.4 Å². The molecule has 2 aromatic rings. The van der Waals surface area contributed by atoms with Crippen LogP contribution >= 0.6 is 0 Å². The Bertz CT molecular complexity index is 1080. The second-order valence-corrected chi connectivity index (χ2v) is 13.1. The summed E-state index contributed by atoms with van der Waals surface area (Å²) in [6, 6.07) is 8.71. The highest BCUT2D eigenvalue weighted by Gasteiger charge is 1.96. The van der Waals surface area contributed by atoms with Crippen LogP contribution in [-0.2, 0) is 23.5 Å². The largest absolute Gasteiger partial charge is 0.394 e. The Hall–Kier alpha value is -2.23. The van der Waals surface area contributed by atoms with Crippen LogP contribution in [0.15, 0.2) is 59.0 Å². The van der Waals surface area contributed by atoms with Crippen molar-refractivity contribution in [3.8, 4) is 0 Å². The van der Waals surface area contributed by atoms with Crippen LogP contribution in [0.25, 0.3) is 0 Å². The number of rotatable bonds is 25. The molecule has 0 spiro atoms. The molecule has 0 aromatic carbocycles. The number of unbranched alkanes of at least 4 members (excludes halogenated alkanes) is 17. The van der Waals surface area contributed by atoms with Crippen molar-refractivity contribution in [2.45, 2.75) is 155 Å². The van der Waals surface area contributed by atoms with Crippen molar-refractivity contribution in [3.05, 3.63) is 59.8 Å². The Morgan fingerprint density at radius 2 is 0.756 bits per heavy atom. The summed E-state index contributed by atoms with van der Waals surface area (Å²) in [5, 5.41) is 2.27. The van der Waals surface area contributed by atoms with Crippen LogP contribution in [0.1, 0.15) is 142 Å². The quantitative estimate of drug-likeness (QED) is 0.0827. The summed E-state index contributed by atoms with van der Waals surface area (Å²) in [7, 11) is -4.67. The number of pyridine rings is 2. The molecule has 0 amide bonds. The predicted molar refractivity (Wildman–Crippen MR) is 188 cm³/mol. The zero-order valence-electron chi connectivity index (χ0n) is 28.5. The average molecular weight is 649 g/mol. The third-order valence-corrected chi connectivity index (χ3v) is 7.94. The van der Waals surface area contributed by atoms with Crippen LogP contribution in [0.4, 0.5) is 0 Å². The Morgan fingerprint density at radius 3 is 1.07 bits per heavy atom. The fraction of sp³-hybridized carbons (Fsp3) is 0.722. The first-order valence-electron chi connectivity index (χ1n) is 17.8. The Morgan fingerprint density at radius 1 is 0.489 bits per heavy atom. The molecular weight excluding hydrogens is 584 g/mol. The number of aryl methyl sites for hydroxylation is 2. The summed E-state index contributed by atoms with van der Waals surface area (Å²) in [5.74, 6) is 0. The van der Waals surface area contributed by atoms with Crippen molar-refractivity contribution < 1.29 is 17.5 Å². The monoisotopic (exact) mass is 648 g/mol. The molecule has 8 nitrogen and oxygen atoms in total. The maximum absolute atomic E-state index is 8.74. The first-order valence-corrected chi connectivity index (χ1v) is 19.2. The van der Waals surface area contributed by atoms with E-state index in [9.17, 15) is 0 Å². The van der Waals surface area contributed by atoms with E-state index in [1.165, 1.54) is 128 Å². The zero-order chi connectivity index (χ0) is 32.9. The van der Waals surface area contributed by atoms with Gasteiger partial charge in [0.05, 0.1) is 10.7 Å². The normalized spacial score (nSPS) is 11.2. The minimum Gasteiger partial charge on any atom is -0.354 e. The molecule has 9 heteroatoms. The molecule has 0 atom stereocenters. The lowest BCUT2D eigenvalue weighted by Gasteiger charge is -2.07. The first kappa shape index (κ1) is 40.8. The van der Waals surface area contributed by atoms with Gasteiger partial charge in [-0.15, -0.1) is 0 Å². The van der Waals surface area contributed by atoms with Crippen molar-refractivity contribution in [3.63, 3.8) is 0 Å². The number of hydrogen-bond acceptors (Lipinski definition) is 4. The molecule has 0 fully saturated rings. The summed E-state index contributed by atoms with van der Waals surface area (Å²) in [5.41, 5.74) is 0. The third-order valence-electron chi connectivity index (χ3n) is 7.94. The minimum absolute atomic E-state index is 0.970. The van der Waals surface area contributed by atoms with Crippen molar-refractivity contribution in [2.24, 2.45) is 9.98 Å². The molecular formula is C36H64N4O4S. The van der Waals surface area contributed by atoms with E-state index >= 15 is 0 Å². The molecule has 2 N–H and O–H groups in total. The Kier molecular flexibility index (Phi) is 25.4. The molecule has 45 heavy (non-hydrogen) atoms. The topological polar surface area (TPSA) is 109 Å². The minimum atomic E-state index is -4.67. The predicted octanol–water partition coefficient (Wildman–Crippen LogP) is 8.98. The molecule has 0 aliphatic carbocycles. The van der Waals surface area contributed by atoms with Gasteiger partial charge in [0.1, 0.15) is 0 Å². The van der Waals surface area contributed by atoms with E-state index in [1.807, 2.05) is 0 Å². The number of nitrogens with zero attached hydrogens (tertiary/aromatic N) is 4. The van der Waals surface area contributed by atoms with Crippen molar-refractivity contribution in [1.29, 1.82) is 0 Å². The summed E-state index contributed by atoms with van der Waals surface area (Å²) >= 11 is 0. The van der Waals surface area contributed by atoms with Gasteiger partial charge in [0, 0.05) is 51.0 Å². The molecule has 0 aliphatic heterocycles. The van der Waals surface area contributed by atoms with Crippen molar-refractivity contribution >= 4 is 10.4 Å². The molecule has 258 valence electrons. The molecule has 2 aromatic heterocycles. The lowest BCUT2D eigenvalue weighted by molar-refractivity contribution is 0.381. The number of aromatic nitrogens is 2. The molecule has 0 saturated carbocycles. The molecule has 2 rings (SSSR count). The highest BCUT2D eigenvalue weighted by Crippen LogP contribution is 2.10. The van der Waals surface area contributed by atoms with E-state index in [1.54, 1.807) is 0 Å². The van der Waals surface area contributed by atoms with E-state index in [-0.39, 0.29) is 0 Å². The highest BCUT2D eigenvalue weighted by molar-refractivity contribution is 7.79. The lowest BCUT2D eigenvalue weighted by Crippen LogP contribution is -2.06. The summed E-state index contributed by atoms with van der Waals surface area (Å²) in [6.45, 7) is 8.74. The van der Waals surface area contributed by atoms with Crippen LogP contribution in [0, 0.1) is 0 Å². The second-order valence-electron chi connectivity index (χ2n) is 12.2.